The highest BCUT2D eigenvalue weighted by molar-refractivity contribution is 7.13. The molecule has 1 aliphatic rings. The molecule has 7 nitrogen and oxygen atoms in total. The van der Waals surface area contributed by atoms with E-state index in [1.54, 1.807) is 16.8 Å². The van der Waals surface area contributed by atoms with Crippen molar-refractivity contribution in [2.24, 2.45) is 0 Å². The highest BCUT2D eigenvalue weighted by atomic mass is 32.1. The number of anilines is 1. The molecule has 4 rings (SSSR count). The second kappa shape index (κ2) is 8.04. The third-order valence-corrected chi connectivity index (χ3v) is 5.34. The third-order valence-electron chi connectivity index (χ3n) is 4.53. The zero-order valence-electron chi connectivity index (χ0n) is 15.8. The Morgan fingerprint density at radius 1 is 1.14 bits per heavy atom. The number of hydrogen-bond acceptors (Lipinski definition) is 7. The van der Waals surface area contributed by atoms with Crippen molar-refractivity contribution in [2.45, 2.75) is 13.8 Å². The van der Waals surface area contributed by atoms with E-state index in [-0.39, 0.29) is 5.91 Å². The minimum atomic E-state index is 0.00417. The molecule has 1 saturated heterocycles. The molecule has 0 N–H and O–H groups in total. The van der Waals surface area contributed by atoms with Crippen LogP contribution in [0.2, 0.25) is 0 Å². The van der Waals surface area contributed by atoms with Crippen LogP contribution < -0.4 is 5.06 Å². The quantitative estimate of drug-likeness (QED) is 0.679. The van der Waals surface area contributed by atoms with Gasteiger partial charge < -0.3 is 4.90 Å². The molecule has 0 saturated carbocycles. The molecule has 3 aromatic rings. The van der Waals surface area contributed by atoms with E-state index in [1.807, 2.05) is 49.1 Å². The molecule has 28 heavy (non-hydrogen) atoms. The Hall–Kier alpha value is -2.84. The maximum absolute atomic E-state index is 13.2. The number of hydroxylamine groups is 1. The Bertz CT molecular complexity index is 956. The Morgan fingerprint density at radius 3 is 2.79 bits per heavy atom. The lowest BCUT2D eigenvalue weighted by Crippen LogP contribution is -2.35. The fourth-order valence-corrected chi connectivity index (χ4v) is 3.92. The molecular weight excluding hydrogens is 374 g/mol. The van der Waals surface area contributed by atoms with Crippen LogP contribution in [0, 0.1) is 13.8 Å². The van der Waals surface area contributed by atoms with Gasteiger partial charge in [-0.3, -0.25) is 14.6 Å². The highest BCUT2D eigenvalue weighted by Crippen LogP contribution is 2.28. The van der Waals surface area contributed by atoms with E-state index in [9.17, 15) is 4.79 Å². The van der Waals surface area contributed by atoms with Crippen LogP contribution in [-0.4, -0.2) is 52.0 Å². The number of carbonyl (C=O) groups excluding carboxylic acids is 1. The van der Waals surface area contributed by atoms with Gasteiger partial charge in [-0.05, 0) is 19.9 Å². The molecule has 144 valence electrons. The Labute approximate surface area is 167 Å². The monoisotopic (exact) mass is 395 g/mol. The van der Waals surface area contributed by atoms with Gasteiger partial charge in [-0.1, -0.05) is 18.2 Å². The van der Waals surface area contributed by atoms with E-state index in [0.29, 0.717) is 37.6 Å². The second-order valence-electron chi connectivity index (χ2n) is 6.55. The standard InChI is InChI=1S/C20H21N5O2S/c1-14-11-19(23-15(2)22-14)25-8-7-24(9-10-27-25)20(26)17-6-4-3-5-16(17)18-12-21-13-28-18/h3-6,11-13H,7-10H2,1-2H3. The molecule has 2 aromatic heterocycles. The normalized spacial score (nSPS) is 14.8. The van der Waals surface area contributed by atoms with Crippen LogP contribution in [-0.2, 0) is 4.84 Å². The van der Waals surface area contributed by atoms with E-state index < -0.39 is 0 Å². The Morgan fingerprint density at radius 2 is 2.00 bits per heavy atom. The molecule has 0 radical (unpaired) electrons. The van der Waals surface area contributed by atoms with Crippen LogP contribution in [0.5, 0.6) is 0 Å². The summed E-state index contributed by atoms with van der Waals surface area (Å²) in [5, 5.41) is 1.75. The fourth-order valence-electron chi connectivity index (χ4n) is 3.26. The molecule has 3 heterocycles. The summed E-state index contributed by atoms with van der Waals surface area (Å²) in [7, 11) is 0. The van der Waals surface area contributed by atoms with Gasteiger partial charge in [-0.25, -0.2) is 15.0 Å². The first-order valence-electron chi connectivity index (χ1n) is 9.12. The SMILES string of the molecule is Cc1cc(N2CCN(C(=O)c3ccccc3-c3cncs3)CCO2)nc(C)n1. The summed E-state index contributed by atoms with van der Waals surface area (Å²) in [5.74, 6) is 1.43. The van der Waals surface area contributed by atoms with Crippen molar-refractivity contribution in [3.05, 3.63) is 59.1 Å². The zero-order valence-corrected chi connectivity index (χ0v) is 16.6. The lowest BCUT2D eigenvalue weighted by Gasteiger charge is -2.22. The van der Waals surface area contributed by atoms with E-state index in [0.717, 1.165) is 22.0 Å². The molecule has 0 aliphatic carbocycles. The van der Waals surface area contributed by atoms with Crippen molar-refractivity contribution in [2.75, 3.05) is 31.3 Å². The first kappa shape index (κ1) is 18.5. The van der Waals surface area contributed by atoms with E-state index in [1.165, 1.54) is 11.3 Å². The van der Waals surface area contributed by atoms with Gasteiger partial charge >= 0.3 is 0 Å². The van der Waals surface area contributed by atoms with Crippen molar-refractivity contribution in [3.8, 4) is 10.4 Å². The van der Waals surface area contributed by atoms with Crippen LogP contribution in [0.25, 0.3) is 10.4 Å². The van der Waals surface area contributed by atoms with Crippen molar-refractivity contribution in [1.29, 1.82) is 0 Å². The van der Waals surface area contributed by atoms with Crippen molar-refractivity contribution >= 4 is 23.1 Å². The summed E-state index contributed by atoms with van der Waals surface area (Å²) in [4.78, 5) is 34.8. The van der Waals surface area contributed by atoms with Gasteiger partial charge in [0.05, 0.1) is 23.5 Å². The number of benzene rings is 1. The van der Waals surface area contributed by atoms with Crippen molar-refractivity contribution in [1.82, 2.24) is 19.9 Å². The molecule has 0 bridgehead atoms. The lowest BCUT2D eigenvalue weighted by molar-refractivity contribution is 0.0731. The number of amides is 1. The summed E-state index contributed by atoms with van der Waals surface area (Å²) < 4.78 is 0. The fraction of sp³-hybridized carbons (Fsp3) is 0.300. The minimum Gasteiger partial charge on any atom is -0.334 e. The summed E-state index contributed by atoms with van der Waals surface area (Å²) in [6.07, 6.45) is 1.80. The molecule has 1 aliphatic heterocycles. The molecule has 1 aromatic carbocycles. The lowest BCUT2D eigenvalue weighted by atomic mass is 10.1. The number of thiazole rings is 1. The molecule has 8 heteroatoms. The van der Waals surface area contributed by atoms with E-state index in [4.69, 9.17) is 4.84 Å². The maximum atomic E-state index is 13.2. The summed E-state index contributed by atoms with van der Waals surface area (Å²) in [6.45, 7) is 5.83. The van der Waals surface area contributed by atoms with E-state index >= 15 is 0 Å². The van der Waals surface area contributed by atoms with Crippen molar-refractivity contribution < 1.29 is 9.63 Å². The number of aromatic nitrogens is 3. The highest BCUT2D eigenvalue weighted by Gasteiger charge is 2.24. The van der Waals surface area contributed by atoms with Gasteiger partial charge in [-0.2, -0.15) is 0 Å². The minimum absolute atomic E-state index is 0.00417. The summed E-state index contributed by atoms with van der Waals surface area (Å²) >= 11 is 1.53. The number of aryl methyl sites for hydroxylation is 2. The summed E-state index contributed by atoms with van der Waals surface area (Å²) in [5.41, 5.74) is 4.27. The smallest absolute Gasteiger partial charge is 0.254 e. The van der Waals surface area contributed by atoms with Crippen LogP contribution >= 0.6 is 11.3 Å². The topological polar surface area (TPSA) is 71.5 Å². The third kappa shape index (κ3) is 3.88. The molecule has 1 fully saturated rings. The number of hydrogen-bond donors (Lipinski definition) is 0. The first-order chi connectivity index (χ1) is 13.6. The molecule has 0 spiro atoms. The zero-order chi connectivity index (χ0) is 19.5. The van der Waals surface area contributed by atoms with Gasteiger partial charge in [0.2, 0.25) is 0 Å². The molecule has 0 unspecified atom stereocenters. The average Bonchev–Trinajstić information content (AvgIpc) is 3.11. The molecule has 0 atom stereocenters. The average molecular weight is 395 g/mol. The number of rotatable bonds is 3. The van der Waals surface area contributed by atoms with Gasteiger partial charge in [0.25, 0.3) is 5.91 Å². The van der Waals surface area contributed by atoms with Crippen LogP contribution in [0.4, 0.5) is 5.82 Å². The summed E-state index contributed by atoms with van der Waals surface area (Å²) in [6, 6.07) is 9.57. The Kier molecular flexibility index (Phi) is 5.31. The molecule has 1 amide bonds. The first-order valence-corrected chi connectivity index (χ1v) is 9.99. The van der Waals surface area contributed by atoms with Crippen molar-refractivity contribution in [3.63, 3.8) is 0 Å². The van der Waals surface area contributed by atoms with Crippen LogP contribution in [0.3, 0.4) is 0 Å². The van der Waals surface area contributed by atoms with Gasteiger partial charge in [-0.15, -0.1) is 11.3 Å². The van der Waals surface area contributed by atoms with Gasteiger partial charge in [0, 0.05) is 42.2 Å². The predicted molar refractivity (Wildman–Crippen MR) is 108 cm³/mol. The van der Waals surface area contributed by atoms with Gasteiger partial charge in [0.1, 0.15) is 5.82 Å². The largest absolute Gasteiger partial charge is 0.334 e. The number of carbonyl (C=O) groups is 1. The van der Waals surface area contributed by atoms with Gasteiger partial charge in [0.15, 0.2) is 5.82 Å². The predicted octanol–water partition coefficient (Wildman–Crippen LogP) is 3.11. The van der Waals surface area contributed by atoms with Crippen LogP contribution in [0.15, 0.2) is 42.0 Å². The second-order valence-corrected chi connectivity index (χ2v) is 7.44. The number of nitrogens with zero attached hydrogens (tertiary/aromatic N) is 5. The van der Waals surface area contributed by atoms with Crippen LogP contribution in [0.1, 0.15) is 21.9 Å². The van der Waals surface area contributed by atoms with E-state index in [2.05, 4.69) is 15.0 Å². The maximum Gasteiger partial charge on any atom is 0.254 e. The molecular formula is C20H21N5O2S. The Balaban J connectivity index is 1.53.